The van der Waals surface area contributed by atoms with E-state index in [1.807, 2.05) is 6.92 Å². The van der Waals surface area contributed by atoms with Crippen molar-refractivity contribution in [2.24, 2.45) is 5.73 Å². The molecule has 0 radical (unpaired) electrons. The Morgan fingerprint density at radius 3 is 2.47 bits per heavy atom. The number of benzene rings is 1. The lowest BCUT2D eigenvalue weighted by molar-refractivity contribution is 0.606. The minimum Gasteiger partial charge on any atom is -0.398 e. The van der Waals surface area contributed by atoms with Crippen LogP contribution in [0.3, 0.4) is 0 Å². The molecule has 0 unspecified atom stereocenters. The summed E-state index contributed by atoms with van der Waals surface area (Å²) in [5, 5.41) is 0. The van der Waals surface area contributed by atoms with E-state index in [1.54, 1.807) is 6.07 Å². The molecule has 2 nitrogen and oxygen atoms in total. The third kappa shape index (κ3) is 4.69. The zero-order chi connectivity index (χ0) is 9.84. The van der Waals surface area contributed by atoms with Crippen molar-refractivity contribution in [1.29, 1.82) is 0 Å². The summed E-state index contributed by atoms with van der Waals surface area (Å²) in [5.74, 6) is -0.282. The van der Waals surface area contributed by atoms with Crippen molar-refractivity contribution in [3.05, 3.63) is 29.6 Å². The summed E-state index contributed by atoms with van der Waals surface area (Å²) in [5.41, 5.74) is 12.8. The minimum atomic E-state index is -0.282. The van der Waals surface area contributed by atoms with E-state index in [2.05, 4.69) is 0 Å². The molecule has 15 heavy (non-hydrogen) atoms. The van der Waals surface area contributed by atoms with E-state index in [4.69, 9.17) is 11.5 Å². The Morgan fingerprint density at radius 1 is 1.33 bits per heavy atom. The van der Waals surface area contributed by atoms with Gasteiger partial charge >= 0.3 is 0 Å². The molecule has 4 N–H and O–H groups in total. The van der Waals surface area contributed by atoms with E-state index in [1.165, 1.54) is 12.1 Å². The molecule has 0 aromatic heterocycles. The molecule has 0 bridgehead atoms. The zero-order valence-electron chi connectivity index (χ0n) is 8.57. The van der Waals surface area contributed by atoms with Crippen LogP contribution in [0.5, 0.6) is 0 Å². The highest BCUT2D eigenvalue weighted by Crippen LogP contribution is 2.22. The van der Waals surface area contributed by atoms with Crippen molar-refractivity contribution < 1.29 is 4.39 Å². The Hall–Kier alpha value is -0.510. The molecule has 0 saturated heterocycles. The lowest BCUT2D eigenvalue weighted by Gasteiger charge is -2.13. The number of rotatable bonds is 3. The summed E-state index contributed by atoms with van der Waals surface area (Å²) < 4.78 is 12.8. The molecule has 0 spiro atoms. The lowest BCUT2D eigenvalue weighted by atomic mass is 10.0. The van der Waals surface area contributed by atoms with Crippen molar-refractivity contribution in [2.75, 3.05) is 5.73 Å². The molecule has 1 rings (SSSR count). The molecule has 0 saturated carbocycles. The van der Waals surface area contributed by atoms with Gasteiger partial charge in [0.15, 0.2) is 0 Å². The van der Waals surface area contributed by atoms with E-state index in [-0.39, 0.29) is 36.7 Å². The average molecular weight is 255 g/mol. The Morgan fingerprint density at radius 2 is 1.93 bits per heavy atom. The molecule has 0 fully saturated rings. The quantitative estimate of drug-likeness (QED) is 0.815. The van der Waals surface area contributed by atoms with Gasteiger partial charge in [0.05, 0.1) is 0 Å². The molecule has 88 valence electrons. The molecular formula is C10H17Cl2FN2. The highest BCUT2D eigenvalue weighted by atomic mass is 35.5. The van der Waals surface area contributed by atoms with E-state index in [0.717, 1.165) is 12.8 Å². The average Bonchev–Trinajstić information content (AvgIpc) is 2.09. The Balaban J connectivity index is 0. The number of hydrogen-bond acceptors (Lipinski definition) is 2. The van der Waals surface area contributed by atoms with Crippen LogP contribution in [-0.2, 0) is 0 Å². The number of nitrogen functional groups attached to an aromatic ring is 1. The molecular weight excluding hydrogens is 238 g/mol. The summed E-state index contributed by atoms with van der Waals surface area (Å²) in [6, 6.07) is 4.16. The summed E-state index contributed by atoms with van der Waals surface area (Å²) in [6.07, 6.45) is 1.80. The topological polar surface area (TPSA) is 52.0 Å². The maximum atomic E-state index is 12.8. The van der Waals surface area contributed by atoms with Gasteiger partial charge in [-0.05, 0) is 30.2 Å². The van der Waals surface area contributed by atoms with Gasteiger partial charge in [-0.25, -0.2) is 4.39 Å². The molecule has 0 amide bonds. The predicted octanol–water partition coefficient (Wildman–Crippen LogP) is 3.05. The van der Waals surface area contributed by atoms with Gasteiger partial charge in [-0.3, -0.25) is 0 Å². The van der Waals surface area contributed by atoms with Crippen molar-refractivity contribution in [2.45, 2.75) is 25.8 Å². The van der Waals surface area contributed by atoms with Gasteiger partial charge in [0.2, 0.25) is 0 Å². The van der Waals surface area contributed by atoms with E-state index < -0.39 is 0 Å². The standard InChI is InChI=1S/C10H15FN2.2ClH/c1-2-3-9(12)8-6-7(11)4-5-10(8)13;;/h4-6,9H,2-3,12-13H2,1H3;2*1H/t9-;;/m0../s1. The molecule has 0 aliphatic heterocycles. The maximum Gasteiger partial charge on any atom is 0.123 e. The number of anilines is 1. The second-order valence-electron chi connectivity index (χ2n) is 3.17. The summed E-state index contributed by atoms with van der Waals surface area (Å²) in [7, 11) is 0. The highest BCUT2D eigenvalue weighted by Gasteiger charge is 2.09. The first-order valence-electron chi connectivity index (χ1n) is 4.45. The van der Waals surface area contributed by atoms with Gasteiger partial charge < -0.3 is 11.5 Å². The van der Waals surface area contributed by atoms with Crippen LogP contribution in [0.15, 0.2) is 18.2 Å². The van der Waals surface area contributed by atoms with E-state index >= 15 is 0 Å². The summed E-state index contributed by atoms with van der Waals surface area (Å²) in [4.78, 5) is 0. The summed E-state index contributed by atoms with van der Waals surface area (Å²) in [6.45, 7) is 2.04. The van der Waals surface area contributed by atoms with Crippen LogP contribution in [0.2, 0.25) is 0 Å². The van der Waals surface area contributed by atoms with Gasteiger partial charge in [-0.2, -0.15) is 0 Å². The van der Waals surface area contributed by atoms with Crippen LogP contribution in [0.4, 0.5) is 10.1 Å². The van der Waals surface area contributed by atoms with Crippen LogP contribution in [0.25, 0.3) is 0 Å². The second kappa shape index (κ2) is 7.74. The highest BCUT2D eigenvalue weighted by molar-refractivity contribution is 5.85. The van der Waals surface area contributed by atoms with Crippen molar-refractivity contribution >= 4 is 30.5 Å². The Bertz CT molecular complexity index is 295. The smallest absolute Gasteiger partial charge is 0.123 e. The molecule has 0 aliphatic carbocycles. The van der Waals surface area contributed by atoms with Gasteiger partial charge in [0, 0.05) is 11.7 Å². The van der Waals surface area contributed by atoms with Gasteiger partial charge in [0.1, 0.15) is 5.82 Å². The fraction of sp³-hybridized carbons (Fsp3) is 0.400. The van der Waals surface area contributed by atoms with Crippen LogP contribution >= 0.6 is 24.8 Å². The second-order valence-corrected chi connectivity index (χ2v) is 3.17. The third-order valence-electron chi connectivity index (χ3n) is 2.05. The van der Waals surface area contributed by atoms with Crippen molar-refractivity contribution in [1.82, 2.24) is 0 Å². The third-order valence-corrected chi connectivity index (χ3v) is 2.05. The van der Waals surface area contributed by atoms with Gasteiger partial charge in [-0.1, -0.05) is 13.3 Å². The molecule has 0 aliphatic rings. The molecule has 1 atom stereocenters. The van der Waals surface area contributed by atoms with Crippen LogP contribution < -0.4 is 11.5 Å². The predicted molar refractivity (Wildman–Crippen MR) is 67.1 cm³/mol. The number of hydrogen-bond donors (Lipinski definition) is 2. The fourth-order valence-corrected chi connectivity index (χ4v) is 1.33. The zero-order valence-corrected chi connectivity index (χ0v) is 10.2. The Kier molecular flexibility index (Phi) is 8.72. The number of nitrogens with two attached hydrogens (primary N) is 2. The maximum absolute atomic E-state index is 12.8. The normalized spacial score (nSPS) is 11.1. The molecule has 1 aromatic carbocycles. The molecule has 1 aromatic rings. The van der Waals surface area contributed by atoms with Crippen molar-refractivity contribution in [3.63, 3.8) is 0 Å². The monoisotopic (exact) mass is 254 g/mol. The number of halogens is 3. The molecule has 0 heterocycles. The van der Waals surface area contributed by atoms with Gasteiger partial charge in [0.25, 0.3) is 0 Å². The van der Waals surface area contributed by atoms with E-state index in [9.17, 15) is 4.39 Å². The van der Waals surface area contributed by atoms with Crippen LogP contribution in [0, 0.1) is 5.82 Å². The first kappa shape index (κ1) is 16.9. The largest absolute Gasteiger partial charge is 0.398 e. The fourth-order valence-electron chi connectivity index (χ4n) is 1.33. The van der Waals surface area contributed by atoms with Crippen LogP contribution in [0.1, 0.15) is 31.4 Å². The lowest BCUT2D eigenvalue weighted by Crippen LogP contribution is -2.12. The first-order chi connectivity index (χ1) is 6.15. The Labute approximate surface area is 102 Å². The SMILES string of the molecule is CCC[C@H](N)c1cc(F)ccc1N.Cl.Cl. The minimum absolute atomic E-state index is 0. The summed E-state index contributed by atoms with van der Waals surface area (Å²) >= 11 is 0. The van der Waals surface area contributed by atoms with Crippen molar-refractivity contribution in [3.8, 4) is 0 Å². The first-order valence-corrected chi connectivity index (χ1v) is 4.45. The van der Waals surface area contributed by atoms with E-state index in [0.29, 0.717) is 11.3 Å². The van der Waals surface area contributed by atoms with Crippen LogP contribution in [-0.4, -0.2) is 0 Å². The molecule has 5 heteroatoms. The van der Waals surface area contributed by atoms with Gasteiger partial charge in [-0.15, -0.1) is 24.8 Å².